The van der Waals surface area contributed by atoms with Gasteiger partial charge in [-0.05, 0) is 67.8 Å². The predicted octanol–water partition coefficient (Wildman–Crippen LogP) is 6.74. The van der Waals surface area contributed by atoms with Gasteiger partial charge in [-0.15, -0.1) is 0 Å². The zero-order valence-electron chi connectivity index (χ0n) is 19.7. The highest BCUT2D eigenvalue weighted by molar-refractivity contribution is 6.31. The Bertz CT molecular complexity index is 1290. The van der Waals surface area contributed by atoms with E-state index in [1.165, 1.54) is 11.3 Å². The molecule has 4 aromatic rings. The summed E-state index contributed by atoms with van der Waals surface area (Å²) in [4.78, 5) is 0. The first-order valence-electron chi connectivity index (χ1n) is 11.3. The molecule has 176 valence electrons. The second-order valence-electron chi connectivity index (χ2n) is 8.18. The van der Waals surface area contributed by atoms with Crippen LogP contribution in [0.25, 0.3) is 21.8 Å². The van der Waals surface area contributed by atoms with E-state index in [4.69, 9.17) is 38.8 Å². The number of aryl methyl sites for hydroxylation is 2. The van der Waals surface area contributed by atoms with Crippen molar-refractivity contribution in [2.75, 3.05) is 6.61 Å². The van der Waals surface area contributed by atoms with Crippen LogP contribution in [0.1, 0.15) is 35.9 Å². The number of nitrogens with zero attached hydrogens (tertiary/aromatic N) is 4. The van der Waals surface area contributed by atoms with E-state index in [1.807, 2.05) is 47.9 Å². The molecule has 1 N–H and O–H groups in total. The van der Waals surface area contributed by atoms with Gasteiger partial charge < -0.3 is 14.2 Å². The lowest BCUT2D eigenvalue weighted by atomic mass is 10.1. The minimum Gasteiger partial charge on any atom is -0.396 e. The van der Waals surface area contributed by atoms with Crippen LogP contribution in [0.4, 0.5) is 0 Å². The molecule has 7 heteroatoms. The number of aliphatic hydroxyl groups is 1. The summed E-state index contributed by atoms with van der Waals surface area (Å²) in [6.45, 7) is 7.04. The summed E-state index contributed by atoms with van der Waals surface area (Å²) < 4.78 is 4.04. The fourth-order valence-corrected chi connectivity index (χ4v) is 4.93. The molecule has 0 unspecified atom stereocenters. The van der Waals surface area contributed by atoms with E-state index in [1.54, 1.807) is 0 Å². The Morgan fingerprint density at radius 2 is 1.24 bits per heavy atom. The van der Waals surface area contributed by atoms with Crippen LogP contribution in [0.15, 0.2) is 36.4 Å². The van der Waals surface area contributed by atoms with Gasteiger partial charge in [0.15, 0.2) is 0 Å². The molecule has 0 fully saturated rings. The first kappa shape index (κ1) is 25.7. The van der Waals surface area contributed by atoms with Gasteiger partial charge in [-0.25, -0.2) is 0 Å². The molecule has 2 heterocycles. The molecule has 2 aromatic carbocycles. The Morgan fingerprint density at radius 3 is 1.62 bits per heavy atom. The highest BCUT2D eigenvalue weighted by Crippen LogP contribution is 2.30. The van der Waals surface area contributed by atoms with Crippen molar-refractivity contribution in [2.45, 2.75) is 53.1 Å². The fourth-order valence-electron chi connectivity index (χ4n) is 4.58. The maximum Gasteiger partial charge on any atom is 0.110 e. The lowest BCUT2D eigenvalue weighted by Crippen LogP contribution is -2.04. The Morgan fingerprint density at radius 1 is 0.794 bits per heavy atom. The van der Waals surface area contributed by atoms with Crippen molar-refractivity contribution >= 4 is 45.0 Å². The summed E-state index contributed by atoms with van der Waals surface area (Å²) in [7, 11) is 0. The van der Waals surface area contributed by atoms with Crippen LogP contribution >= 0.6 is 23.2 Å². The lowest BCUT2D eigenvalue weighted by Gasteiger charge is -2.06. The minimum atomic E-state index is 0.0797. The summed E-state index contributed by atoms with van der Waals surface area (Å²) in [6, 6.07) is 15.9. The molecule has 0 saturated carbocycles. The summed E-state index contributed by atoms with van der Waals surface area (Å²) >= 11 is 12.0. The molecular weight excluding hydrogens is 467 g/mol. The van der Waals surface area contributed by atoms with Crippen LogP contribution in [0.5, 0.6) is 0 Å². The van der Waals surface area contributed by atoms with Crippen LogP contribution in [0.2, 0.25) is 10.0 Å². The molecule has 0 radical (unpaired) electrons. The van der Waals surface area contributed by atoms with Gasteiger partial charge in [0.1, 0.15) is 13.1 Å². The average molecular weight is 495 g/mol. The normalized spacial score (nSPS) is 10.7. The van der Waals surface area contributed by atoms with E-state index in [0.29, 0.717) is 24.5 Å². The monoisotopic (exact) mass is 494 g/mol. The number of fused-ring (bicyclic) bond motifs is 2. The smallest absolute Gasteiger partial charge is 0.110 e. The number of aromatic nitrogens is 2. The van der Waals surface area contributed by atoms with E-state index < -0.39 is 0 Å². The quantitative estimate of drug-likeness (QED) is 0.322. The maximum atomic E-state index is 9.09. The fraction of sp³-hybridized carbons (Fsp3) is 0.333. The molecule has 0 aliphatic carbocycles. The molecule has 0 amide bonds. The van der Waals surface area contributed by atoms with E-state index in [0.717, 1.165) is 50.9 Å². The third-order valence-electron chi connectivity index (χ3n) is 6.12. The van der Waals surface area contributed by atoms with Crippen molar-refractivity contribution in [3.05, 3.63) is 69.0 Å². The van der Waals surface area contributed by atoms with Crippen molar-refractivity contribution in [3.63, 3.8) is 0 Å². The third-order valence-corrected chi connectivity index (χ3v) is 6.59. The highest BCUT2D eigenvalue weighted by atomic mass is 35.5. The maximum absolute atomic E-state index is 9.09. The topological polar surface area (TPSA) is 77.7 Å². The molecule has 2 aromatic heterocycles. The minimum absolute atomic E-state index is 0.0797. The predicted molar refractivity (Wildman–Crippen MR) is 139 cm³/mol. The van der Waals surface area contributed by atoms with E-state index >= 15 is 0 Å². The van der Waals surface area contributed by atoms with E-state index in [2.05, 4.69) is 30.6 Å². The third kappa shape index (κ3) is 5.08. The van der Waals surface area contributed by atoms with Crippen molar-refractivity contribution < 1.29 is 5.11 Å². The first-order chi connectivity index (χ1) is 16.4. The second-order valence-corrected chi connectivity index (χ2v) is 9.05. The van der Waals surface area contributed by atoms with Gasteiger partial charge in [0.25, 0.3) is 0 Å². The van der Waals surface area contributed by atoms with Crippen molar-refractivity contribution in [1.82, 2.24) is 9.13 Å². The largest absolute Gasteiger partial charge is 0.396 e. The molecule has 5 nitrogen and oxygen atoms in total. The Balaban J connectivity index is 0.000000191. The number of hydrogen-bond acceptors (Lipinski definition) is 3. The number of halogens is 2. The zero-order chi connectivity index (χ0) is 24.8. The molecule has 0 spiro atoms. The van der Waals surface area contributed by atoms with Crippen LogP contribution < -0.4 is 0 Å². The summed E-state index contributed by atoms with van der Waals surface area (Å²) in [5, 5.41) is 30.6. The molecule has 0 atom stereocenters. The summed E-state index contributed by atoms with van der Waals surface area (Å²) in [5.41, 5.74) is 6.71. The highest BCUT2D eigenvalue weighted by Gasteiger charge is 2.14. The number of nitriles is 2. The Kier molecular flexibility index (Phi) is 8.64. The number of benzene rings is 2. The Labute approximate surface area is 210 Å². The number of rotatable bonds is 6. The van der Waals surface area contributed by atoms with Crippen molar-refractivity contribution in [3.8, 4) is 12.1 Å². The molecule has 0 bridgehead atoms. The Hall–Kier alpha value is -2.96. The van der Waals surface area contributed by atoms with Gasteiger partial charge in [0, 0.05) is 56.3 Å². The lowest BCUT2D eigenvalue weighted by molar-refractivity contribution is 0.296. The standard InChI is InChI=1S/C14H15ClN2.C13H13ClN2O/c1-3-4-13-10(2)12-9-11(15)5-6-14(12)17(13)8-7-16;1-9-11-8-10(14)2-3-13(11)16(6-5-15)12(9)4-7-17/h5-6,9H,3-4,8H2,1-2H3;2-3,8,17H,4,6-7H2,1H3. The average Bonchev–Trinajstić information content (AvgIpc) is 3.22. The number of aliphatic hydroxyl groups excluding tert-OH is 1. The van der Waals surface area contributed by atoms with E-state index in [-0.39, 0.29) is 6.61 Å². The van der Waals surface area contributed by atoms with Gasteiger partial charge in [-0.1, -0.05) is 36.5 Å². The van der Waals surface area contributed by atoms with Gasteiger partial charge >= 0.3 is 0 Å². The number of hydrogen-bond donors (Lipinski definition) is 1. The van der Waals surface area contributed by atoms with Crippen LogP contribution in [-0.2, 0) is 25.9 Å². The van der Waals surface area contributed by atoms with Crippen molar-refractivity contribution in [2.24, 2.45) is 0 Å². The SMILES string of the molecule is CCCc1c(C)c2cc(Cl)ccc2n1CC#N.Cc1c(CCO)n(CC#N)c2ccc(Cl)cc12. The van der Waals surface area contributed by atoms with Gasteiger partial charge in [-0.3, -0.25) is 0 Å². The van der Waals surface area contributed by atoms with Crippen LogP contribution in [0, 0.1) is 36.5 Å². The summed E-state index contributed by atoms with van der Waals surface area (Å²) in [5.74, 6) is 0. The molecule has 0 saturated heterocycles. The van der Waals surface area contributed by atoms with Gasteiger partial charge in [-0.2, -0.15) is 10.5 Å². The van der Waals surface area contributed by atoms with E-state index in [9.17, 15) is 0 Å². The van der Waals surface area contributed by atoms with Gasteiger partial charge in [0.2, 0.25) is 0 Å². The van der Waals surface area contributed by atoms with Gasteiger partial charge in [0.05, 0.1) is 12.1 Å². The zero-order valence-corrected chi connectivity index (χ0v) is 21.2. The molecular formula is C27H28Cl2N4O. The van der Waals surface area contributed by atoms with Crippen molar-refractivity contribution in [1.29, 1.82) is 10.5 Å². The van der Waals surface area contributed by atoms with Crippen LogP contribution in [-0.4, -0.2) is 20.8 Å². The molecule has 4 rings (SSSR count). The summed E-state index contributed by atoms with van der Waals surface area (Å²) in [6.07, 6.45) is 2.63. The molecule has 0 aliphatic heterocycles. The second kappa shape index (κ2) is 11.4. The van der Waals surface area contributed by atoms with Crippen LogP contribution in [0.3, 0.4) is 0 Å². The first-order valence-corrected chi connectivity index (χ1v) is 12.0. The molecule has 0 aliphatic rings. The molecule has 34 heavy (non-hydrogen) atoms.